The van der Waals surface area contributed by atoms with Gasteiger partial charge in [-0.15, -0.1) is 12.4 Å². The number of halogens is 1. The number of rotatable bonds is 6. The Morgan fingerprint density at radius 1 is 1.42 bits per heavy atom. The number of esters is 1. The minimum atomic E-state index is -0.322. The van der Waals surface area contributed by atoms with Crippen LogP contribution in [0.4, 0.5) is 0 Å². The van der Waals surface area contributed by atoms with E-state index >= 15 is 0 Å². The second-order valence-electron chi connectivity index (χ2n) is 5.11. The van der Waals surface area contributed by atoms with Crippen LogP contribution in [0.5, 0.6) is 0 Å². The smallest absolute Gasteiger partial charge is 0.325 e. The van der Waals surface area contributed by atoms with Crippen LogP contribution in [0.3, 0.4) is 0 Å². The monoisotopic (exact) mass is 292 g/mol. The first kappa shape index (κ1) is 18.2. The first-order valence-electron chi connectivity index (χ1n) is 6.69. The molecule has 0 bridgehead atoms. The molecule has 0 spiro atoms. The molecular weight excluding hydrogens is 268 g/mol. The summed E-state index contributed by atoms with van der Waals surface area (Å²) in [5.74, 6) is 0.107. The highest BCUT2D eigenvalue weighted by atomic mass is 35.5. The molecule has 0 radical (unpaired) electrons. The Bertz CT molecular complexity index is 292. The van der Waals surface area contributed by atoms with Crippen LogP contribution in [0, 0.1) is 11.8 Å². The van der Waals surface area contributed by atoms with Crippen molar-refractivity contribution in [1.29, 1.82) is 0 Å². The zero-order valence-electron chi connectivity index (χ0n) is 12.0. The van der Waals surface area contributed by atoms with Gasteiger partial charge in [-0.3, -0.25) is 9.59 Å². The Kier molecular flexibility index (Phi) is 8.76. The summed E-state index contributed by atoms with van der Waals surface area (Å²) in [6.45, 7) is 8.48. The molecule has 5 nitrogen and oxygen atoms in total. The summed E-state index contributed by atoms with van der Waals surface area (Å²) in [7, 11) is 0. The molecule has 0 aromatic rings. The lowest BCUT2D eigenvalue weighted by Gasteiger charge is -2.26. The Morgan fingerprint density at radius 2 is 2.11 bits per heavy atom. The van der Waals surface area contributed by atoms with Crippen molar-refractivity contribution in [2.24, 2.45) is 11.8 Å². The van der Waals surface area contributed by atoms with E-state index in [1.54, 1.807) is 11.8 Å². The quantitative estimate of drug-likeness (QED) is 0.744. The van der Waals surface area contributed by atoms with Crippen LogP contribution >= 0.6 is 12.4 Å². The van der Waals surface area contributed by atoms with Crippen molar-refractivity contribution in [3.8, 4) is 0 Å². The van der Waals surface area contributed by atoms with Crippen molar-refractivity contribution >= 4 is 24.3 Å². The second-order valence-corrected chi connectivity index (χ2v) is 5.11. The number of hydrogen-bond acceptors (Lipinski definition) is 4. The molecule has 112 valence electrons. The summed E-state index contributed by atoms with van der Waals surface area (Å²) >= 11 is 0. The molecule has 0 aromatic heterocycles. The number of nitrogens with one attached hydrogen (secondary N) is 1. The summed E-state index contributed by atoms with van der Waals surface area (Å²) in [6, 6.07) is 0. The second kappa shape index (κ2) is 9.15. The van der Waals surface area contributed by atoms with E-state index in [1.807, 2.05) is 13.8 Å². The summed E-state index contributed by atoms with van der Waals surface area (Å²) in [5, 5.41) is 3.18. The third-order valence-electron chi connectivity index (χ3n) is 2.93. The van der Waals surface area contributed by atoms with Gasteiger partial charge in [-0.05, 0) is 25.8 Å². The van der Waals surface area contributed by atoms with Gasteiger partial charge in [-0.2, -0.15) is 0 Å². The van der Waals surface area contributed by atoms with Gasteiger partial charge in [0.2, 0.25) is 5.91 Å². The third kappa shape index (κ3) is 6.25. The molecule has 0 saturated carbocycles. The predicted molar refractivity (Wildman–Crippen MR) is 76.3 cm³/mol. The fourth-order valence-corrected chi connectivity index (χ4v) is 2.16. The van der Waals surface area contributed by atoms with Crippen molar-refractivity contribution in [1.82, 2.24) is 10.2 Å². The molecule has 1 aliphatic rings. The zero-order valence-corrected chi connectivity index (χ0v) is 12.8. The molecule has 1 atom stereocenters. The van der Waals surface area contributed by atoms with Crippen molar-refractivity contribution in [2.45, 2.75) is 27.2 Å². The number of nitrogens with zero attached hydrogens (tertiary/aromatic N) is 1. The van der Waals surface area contributed by atoms with Gasteiger partial charge in [0.05, 0.1) is 12.5 Å². The van der Waals surface area contributed by atoms with Gasteiger partial charge in [0.25, 0.3) is 0 Å². The standard InChI is InChI=1S/C13H24N2O3.ClH/c1-4-18-12(16)9-15(8-10(2)3)13(17)11-5-6-14-7-11;/h10-11,14H,4-9H2,1-3H3;1H. The Balaban J connectivity index is 0.00000324. The maximum absolute atomic E-state index is 12.3. The molecule has 0 aromatic carbocycles. The maximum Gasteiger partial charge on any atom is 0.325 e. The van der Waals surface area contributed by atoms with Crippen LogP contribution in [0.25, 0.3) is 0 Å². The van der Waals surface area contributed by atoms with E-state index in [0.717, 1.165) is 19.5 Å². The van der Waals surface area contributed by atoms with Gasteiger partial charge in [0, 0.05) is 13.1 Å². The first-order chi connectivity index (χ1) is 8.54. The first-order valence-corrected chi connectivity index (χ1v) is 6.69. The van der Waals surface area contributed by atoms with Crippen LogP contribution in [0.1, 0.15) is 27.2 Å². The molecule has 19 heavy (non-hydrogen) atoms. The number of amides is 1. The molecule has 1 fully saturated rings. The number of ether oxygens (including phenoxy) is 1. The Hall–Kier alpha value is -0.810. The fourth-order valence-electron chi connectivity index (χ4n) is 2.16. The number of carbonyl (C=O) groups is 2. The normalized spacial score (nSPS) is 18.0. The van der Waals surface area contributed by atoms with E-state index in [1.165, 1.54) is 0 Å². The van der Waals surface area contributed by atoms with Gasteiger partial charge in [-0.25, -0.2) is 0 Å². The average molecular weight is 293 g/mol. The molecule has 1 amide bonds. The summed E-state index contributed by atoms with van der Waals surface area (Å²) < 4.78 is 4.92. The molecule has 1 saturated heterocycles. The van der Waals surface area contributed by atoms with Crippen LogP contribution < -0.4 is 5.32 Å². The third-order valence-corrected chi connectivity index (χ3v) is 2.93. The lowest BCUT2D eigenvalue weighted by molar-refractivity contribution is -0.150. The largest absolute Gasteiger partial charge is 0.465 e. The van der Waals surface area contributed by atoms with E-state index in [4.69, 9.17) is 4.74 Å². The molecule has 1 aliphatic heterocycles. The van der Waals surface area contributed by atoms with E-state index < -0.39 is 0 Å². The maximum atomic E-state index is 12.3. The Morgan fingerprint density at radius 3 is 2.58 bits per heavy atom. The molecule has 0 aliphatic carbocycles. The summed E-state index contributed by atoms with van der Waals surface area (Å²) in [6.07, 6.45) is 0.857. The molecule has 1 heterocycles. The van der Waals surface area contributed by atoms with Gasteiger partial charge in [0.1, 0.15) is 6.54 Å². The van der Waals surface area contributed by atoms with Crippen molar-refractivity contribution in [3.05, 3.63) is 0 Å². The molecule has 1 N–H and O–H groups in total. The van der Waals surface area contributed by atoms with Crippen LogP contribution in [-0.2, 0) is 14.3 Å². The van der Waals surface area contributed by atoms with E-state index in [0.29, 0.717) is 19.1 Å². The molecular formula is C13H25ClN2O3. The van der Waals surface area contributed by atoms with E-state index in [-0.39, 0.29) is 36.7 Å². The summed E-state index contributed by atoms with van der Waals surface area (Å²) in [4.78, 5) is 25.5. The lowest BCUT2D eigenvalue weighted by atomic mass is 10.1. The highest BCUT2D eigenvalue weighted by molar-refractivity contribution is 5.85. The zero-order chi connectivity index (χ0) is 13.5. The molecule has 6 heteroatoms. The Labute approximate surface area is 121 Å². The van der Waals surface area contributed by atoms with Gasteiger partial charge in [-0.1, -0.05) is 13.8 Å². The van der Waals surface area contributed by atoms with Crippen LogP contribution in [-0.4, -0.2) is 49.6 Å². The SMILES string of the molecule is CCOC(=O)CN(CC(C)C)C(=O)C1CCNC1.Cl. The highest BCUT2D eigenvalue weighted by Crippen LogP contribution is 2.13. The van der Waals surface area contributed by atoms with E-state index in [9.17, 15) is 9.59 Å². The average Bonchev–Trinajstić information content (AvgIpc) is 2.80. The van der Waals surface area contributed by atoms with Gasteiger partial charge < -0.3 is 15.0 Å². The minimum absolute atomic E-state index is 0. The highest BCUT2D eigenvalue weighted by Gasteiger charge is 2.28. The predicted octanol–water partition coefficient (Wildman–Crippen LogP) is 1.07. The van der Waals surface area contributed by atoms with Crippen molar-refractivity contribution in [3.63, 3.8) is 0 Å². The summed E-state index contributed by atoms with van der Waals surface area (Å²) in [5.41, 5.74) is 0. The van der Waals surface area contributed by atoms with Crippen LogP contribution in [0.15, 0.2) is 0 Å². The van der Waals surface area contributed by atoms with Crippen molar-refractivity contribution in [2.75, 3.05) is 32.8 Å². The van der Waals surface area contributed by atoms with Crippen LogP contribution in [0.2, 0.25) is 0 Å². The lowest BCUT2D eigenvalue weighted by Crippen LogP contribution is -2.42. The number of hydrogen-bond donors (Lipinski definition) is 1. The number of carbonyl (C=O) groups excluding carboxylic acids is 2. The minimum Gasteiger partial charge on any atom is -0.465 e. The van der Waals surface area contributed by atoms with Gasteiger partial charge in [0.15, 0.2) is 0 Å². The fraction of sp³-hybridized carbons (Fsp3) is 0.846. The topological polar surface area (TPSA) is 58.6 Å². The molecule has 1 unspecified atom stereocenters. The van der Waals surface area contributed by atoms with Gasteiger partial charge >= 0.3 is 5.97 Å². The van der Waals surface area contributed by atoms with Crippen molar-refractivity contribution < 1.29 is 14.3 Å². The van der Waals surface area contributed by atoms with E-state index in [2.05, 4.69) is 5.32 Å². The molecule has 1 rings (SSSR count).